The molecule has 2 aromatic carbocycles. The van der Waals surface area contributed by atoms with Gasteiger partial charge >= 0.3 is 0 Å². The zero-order valence-electron chi connectivity index (χ0n) is 18.1. The van der Waals surface area contributed by atoms with Crippen LogP contribution in [0.25, 0.3) is 21.5 Å². The highest BCUT2D eigenvalue weighted by atomic mass is 32.1. The summed E-state index contributed by atoms with van der Waals surface area (Å²) in [6.45, 7) is 1.15. The Balaban J connectivity index is 1.44. The minimum atomic E-state index is -0.161. The van der Waals surface area contributed by atoms with Gasteiger partial charge in [-0.25, -0.2) is 9.67 Å². The number of aromatic nitrogens is 3. The molecule has 5 rings (SSSR count). The minimum absolute atomic E-state index is 0.161. The molecule has 0 saturated heterocycles. The molecule has 1 amide bonds. The minimum Gasteiger partial charge on any atom is -0.351 e. The maximum atomic E-state index is 13.2. The van der Waals surface area contributed by atoms with Crippen molar-refractivity contribution in [2.45, 2.75) is 19.4 Å². The molecule has 0 unspecified atom stereocenters. The van der Waals surface area contributed by atoms with Gasteiger partial charge in [-0.3, -0.25) is 4.79 Å². The molecule has 0 radical (unpaired) electrons. The van der Waals surface area contributed by atoms with Gasteiger partial charge in [-0.05, 0) is 41.5 Å². The van der Waals surface area contributed by atoms with Crippen molar-refractivity contribution in [3.8, 4) is 10.4 Å². The van der Waals surface area contributed by atoms with Gasteiger partial charge in [-0.1, -0.05) is 66.7 Å². The first kappa shape index (κ1) is 21.1. The van der Waals surface area contributed by atoms with E-state index in [1.54, 1.807) is 17.5 Å². The van der Waals surface area contributed by atoms with E-state index in [0.29, 0.717) is 18.8 Å². The molecule has 0 aliphatic rings. The van der Waals surface area contributed by atoms with Gasteiger partial charge in [0, 0.05) is 23.2 Å². The molecule has 0 aliphatic carbocycles. The third-order valence-electron chi connectivity index (χ3n) is 5.58. The zero-order valence-corrected chi connectivity index (χ0v) is 19.0. The number of carbonyl (C=O) groups excluding carboxylic acids is 1. The highest BCUT2D eigenvalue weighted by Gasteiger charge is 2.22. The molecule has 3 aromatic heterocycles. The van der Waals surface area contributed by atoms with Crippen LogP contribution in [0.1, 0.15) is 28.0 Å². The number of amides is 1. The van der Waals surface area contributed by atoms with E-state index in [0.717, 1.165) is 39.9 Å². The molecule has 0 atom stereocenters. The second-order valence-corrected chi connectivity index (χ2v) is 8.82. The molecule has 0 spiro atoms. The second-order valence-electron chi connectivity index (χ2n) is 7.87. The number of nitrogens with one attached hydrogen (secondary N) is 1. The Kier molecular flexibility index (Phi) is 6.26. The SMILES string of the molecule is O=C(NCCCc1ccccc1)c1nn(Cc2ccccc2)c2nccc(-c3cccs3)c12. The molecule has 0 saturated carbocycles. The van der Waals surface area contributed by atoms with Crippen LogP contribution in [0.5, 0.6) is 0 Å². The van der Waals surface area contributed by atoms with Gasteiger partial charge < -0.3 is 5.32 Å². The first-order valence-corrected chi connectivity index (χ1v) is 11.9. The van der Waals surface area contributed by atoms with E-state index in [4.69, 9.17) is 5.10 Å². The van der Waals surface area contributed by atoms with E-state index in [-0.39, 0.29) is 5.91 Å². The van der Waals surface area contributed by atoms with Crippen molar-refractivity contribution < 1.29 is 4.79 Å². The van der Waals surface area contributed by atoms with Crippen LogP contribution < -0.4 is 5.32 Å². The lowest BCUT2D eigenvalue weighted by atomic mass is 10.1. The van der Waals surface area contributed by atoms with Gasteiger partial charge in [0.2, 0.25) is 0 Å². The summed E-state index contributed by atoms with van der Waals surface area (Å²) in [6, 6.07) is 26.5. The third kappa shape index (κ3) is 4.71. The fourth-order valence-corrected chi connectivity index (χ4v) is 4.74. The summed E-state index contributed by atoms with van der Waals surface area (Å²) in [7, 11) is 0. The fraction of sp³-hybridized carbons (Fsp3) is 0.148. The van der Waals surface area contributed by atoms with Gasteiger partial charge in [-0.2, -0.15) is 5.10 Å². The van der Waals surface area contributed by atoms with Gasteiger partial charge in [-0.15, -0.1) is 11.3 Å². The van der Waals surface area contributed by atoms with Crippen molar-refractivity contribution in [3.63, 3.8) is 0 Å². The highest BCUT2D eigenvalue weighted by Crippen LogP contribution is 2.33. The van der Waals surface area contributed by atoms with Gasteiger partial charge in [0.25, 0.3) is 5.91 Å². The number of rotatable bonds is 8. The van der Waals surface area contributed by atoms with E-state index in [1.165, 1.54) is 5.56 Å². The maximum Gasteiger partial charge on any atom is 0.272 e. The summed E-state index contributed by atoms with van der Waals surface area (Å²) in [6.07, 6.45) is 3.59. The third-order valence-corrected chi connectivity index (χ3v) is 6.48. The highest BCUT2D eigenvalue weighted by molar-refractivity contribution is 7.13. The van der Waals surface area contributed by atoms with Crippen LogP contribution in [0.2, 0.25) is 0 Å². The summed E-state index contributed by atoms with van der Waals surface area (Å²) in [4.78, 5) is 19.0. The number of hydrogen-bond donors (Lipinski definition) is 1. The number of thiophene rings is 1. The lowest BCUT2D eigenvalue weighted by Crippen LogP contribution is -2.25. The lowest BCUT2D eigenvalue weighted by Gasteiger charge is -2.05. The quantitative estimate of drug-likeness (QED) is 0.313. The van der Waals surface area contributed by atoms with Crippen molar-refractivity contribution >= 4 is 28.3 Å². The molecule has 164 valence electrons. The van der Waals surface area contributed by atoms with E-state index in [2.05, 4.69) is 40.6 Å². The summed E-state index contributed by atoms with van der Waals surface area (Å²) < 4.78 is 1.83. The predicted molar refractivity (Wildman–Crippen MR) is 133 cm³/mol. The van der Waals surface area contributed by atoms with Crippen molar-refractivity contribution in [1.29, 1.82) is 0 Å². The van der Waals surface area contributed by atoms with Crippen LogP contribution >= 0.6 is 11.3 Å². The lowest BCUT2D eigenvalue weighted by molar-refractivity contribution is 0.0949. The maximum absolute atomic E-state index is 13.2. The van der Waals surface area contributed by atoms with Crippen LogP contribution in [-0.4, -0.2) is 27.2 Å². The molecule has 6 heteroatoms. The first-order valence-electron chi connectivity index (χ1n) is 11.0. The van der Waals surface area contributed by atoms with Crippen molar-refractivity contribution in [2.24, 2.45) is 0 Å². The Morgan fingerprint density at radius 2 is 1.67 bits per heavy atom. The standard InChI is InChI=1S/C27H24N4OS/c32-27(29-16-7-13-20-9-3-1-4-10-20)25-24-22(23-14-8-18-33-23)15-17-28-26(24)31(30-25)19-21-11-5-2-6-12-21/h1-6,8-12,14-15,17-18H,7,13,16,19H2,(H,29,32). The zero-order chi connectivity index (χ0) is 22.5. The van der Waals surface area contributed by atoms with E-state index >= 15 is 0 Å². The van der Waals surface area contributed by atoms with Crippen molar-refractivity contribution in [2.75, 3.05) is 6.54 Å². The van der Waals surface area contributed by atoms with Crippen LogP contribution in [0.15, 0.2) is 90.4 Å². The summed E-state index contributed by atoms with van der Waals surface area (Å²) in [5.74, 6) is -0.161. The Hall–Kier alpha value is -3.77. The van der Waals surface area contributed by atoms with Gasteiger partial charge in [0.05, 0.1) is 11.9 Å². The molecular formula is C27H24N4OS. The predicted octanol–water partition coefficient (Wildman–Crippen LogP) is 5.57. The Labute approximate surface area is 196 Å². The number of carbonyl (C=O) groups is 1. The molecule has 5 aromatic rings. The smallest absolute Gasteiger partial charge is 0.272 e. The molecule has 5 nitrogen and oxygen atoms in total. The number of nitrogens with zero attached hydrogens (tertiary/aromatic N) is 3. The normalized spacial score (nSPS) is 11.0. The molecule has 33 heavy (non-hydrogen) atoms. The van der Waals surface area contributed by atoms with E-state index in [9.17, 15) is 4.79 Å². The van der Waals surface area contributed by atoms with E-state index < -0.39 is 0 Å². The largest absolute Gasteiger partial charge is 0.351 e. The van der Waals surface area contributed by atoms with Gasteiger partial charge in [0.1, 0.15) is 0 Å². The average Bonchev–Trinajstić information content (AvgIpc) is 3.52. The molecule has 3 heterocycles. The van der Waals surface area contributed by atoms with Crippen LogP contribution in [0.3, 0.4) is 0 Å². The molecule has 0 aliphatic heterocycles. The first-order chi connectivity index (χ1) is 16.3. The topological polar surface area (TPSA) is 59.8 Å². The van der Waals surface area contributed by atoms with Gasteiger partial charge in [0.15, 0.2) is 11.3 Å². The Morgan fingerprint density at radius 3 is 2.39 bits per heavy atom. The number of aryl methyl sites for hydroxylation is 1. The summed E-state index contributed by atoms with van der Waals surface area (Å²) in [5, 5.41) is 10.7. The van der Waals surface area contributed by atoms with Crippen molar-refractivity contribution in [1.82, 2.24) is 20.1 Å². The number of fused-ring (bicyclic) bond motifs is 1. The number of hydrogen-bond acceptors (Lipinski definition) is 4. The molecular weight excluding hydrogens is 428 g/mol. The van der Waals surface area contributed by atoms with E-state index in [1.807, 2.05) is 58.6 Å². The molecule has 0 bridgehead atoms. The number of benzene rings is 2. The molecule has 0 fully saturated rings. The van der Waals surface area contributed by atoms with Crippen molar-refractivity contribution in [3.05, 3.63) is 107 Å². The second kappa shape index (κ2) is 9.79. The Bertz CT molecular complexity index is 1350. The monoisotopic (exact) mass is 452 g/mol. The number of pyridine rings is 1. The molecule has 1 N–H and O–H groups in total. The fourth-order valence-electron chi connectivity index (χ4n) is 3.98. The van der Waals surface area contributed by atoms with Crippen LogP contribution in [0, 0.1) is 0 Å². The summed E-state index contributed by atoms with van der Waals surface area (Å²) in [5.41, 5.74) is 4.52. The Morgan fingerprint density at radius 1 is 0.909 bits per heavy atom. The average molecular weight is 453 g/mol. The van der Waals surface area contributed by atoms with Crippen LogP contribution in [-0.2, 0) is 13.0 Å². The summed E-state index contributed by atoms with van der Waals surface area (Å²) >= 11 is 1.65. The van der Waals surface area contributed by atoms with Crippen LogP contribution in [0.4, 0.5) is 0 Å².